The third kappa shape index (κ3) is 5.64. The van der Waals surface area contributed by atoms with Gasteiger partial charge in [0.15, 0.2) is 5.13 Å². The van der Waals surface area contributed by atoms with Gasteiger partial charge >= 0.3 is 12.3 Å². The highest BCUT2D eigenvalue weighted by Crippen LogP contribution is 2.37. The van der Waals surface area contributed by atoms with Crippen LogP contribution in [0.2, 0.25) is 0 Å². The molecule has 1 heterocycles. The van der Waals surface area contributed by atoms with Crippen LogP contribution in [0.25, 0.3) is 11.3 Å². The first-order valence-electron chi connectivity index (χ1n) is 9.44. The number of thiazole rings is 1. The number of carbonyl (C=O) groups is 2. The predicted octanol–water partition coefficient (Wildman–Crippen LogP) is 6.47. The van der Waals surface area contributed by atoms with Crippen LogP contribution in [0.4, 0.5) is 34.5 Å². The first-order chi connectivity index (χ1) is 15.0. The van der Waals surface area contributed by atoms with Gasteiger partial charge in [0.05, 0.1) is 16.9 Å². The summed E-state index contributed by atoms with van der Waals surface area (Å²) < 4.78 is 45.2. The number of alkyl halides is 3. The van der Waals surface area contributed by atoms with E-state index < -0.39 is 23.4 Å². The molecule has 0 aliphatic heterocycles. The van der Waals surface area contributed by atoms with Gasteiger partial charge in [0.25, 0.3) is 0 Å². The molecule has 0 aliphatic carbocycles. The van der Waals surface area contributed by atoms with Gasteiger partial charge in [0.1, 0.15) is 5.60 Å². The van der Waals surface area contributed by atoms with Crippen LogP contribution in [0.1, 0.15) is 26.3 Å². The Balaban J connectivity index is 2.05. The Morgan fingerprint density at radius 1 is 1.12 bits per heavy atom. The molecule has 0 atom stereocenters. The highest BCUT2D eigenvalue weighted by Gasteiger charge is 2.33. The van der Waals surface area contributed by atoms with Crippen LogP contribution in [0.5, 0.6) is 0 Å². The number of anilines is 3. The number of hydrogen-bond acceptors (Lipinski definition) is 5. The van der Waals surface area contributed by atoms with Crippen LogP contribution in [0, 0.1) is 0 Å². The van der Waals surface area contributed by atoms with Crippen molar-refractivity contribution in [2.45, 2.75) is 32.5 Å². The van der Waals surface area contributed by atoms with E-state index in [1.807, 2.05) is 0 Å². The van der Waals surface area contributed by atoms with E-state index in [9.17, 15) is 22.8 Å². The second kappa shape index (κ2) is 8.99. The molecule has 0 saturated carbocycles. The van der Waals surface area contributed by atoms with E-state index in [2.05, 4.69) is 10.3 Å². The molecule has 3 rings (SSSR count). The minimum absolute atomic E-state index is 0.0219. The zero-order valence-electron chi connectivity index (χ0n) is 17.4. The van der Waals surface area contributed by atoms with Crippen LogP contribution < -0.4 is 10.2 Å². The van der Waals surface area contributed by atoms with Crippen LogP contribution in [-0.2, 0) is 15.7 Å². The third-order valence-electron chi connectivity index (χ3n) is 4.08. The Labute approximate surface area is 186 Å². The van der Waals surface area contributed by atoms with Gasteiger partial charge in [0, 0.05) is 16.6 Å². The van der Waals surface area contributed by atoms with E-state index in [0.29, 0.717) is 23.4 Å². The van der Waals surface area contributed by atoms with Gasteiger partial charge in [-0.2, -0.15) is 13.2 Å². The molecule has 0 bridgehead atoms. The van der Waals surface area contributed by atoms with Gasteiger partial charge in [-0.05, 0) is 51.1 Å². The minimum Gasteiger partial charge on any atom is -0.443 e. The number of nitrogens with one attached hydrogen (secondary N) is 1. The van der Waals surface area contributed by atoms with Crippen molar-refractivity contribution >= 4 is 40.3 Å². The molecule has 6 nitrogen and oxygen atoms in total. The van der Waals surface area contributed by atoms with Crippen LogP contribution in [-0.4, -0.2) is 23.1 Å². The van der Waals surface area contributed by atoms with Crippen LogP contribution in [0.15, 0.2) is 53.9 Å². The first kappa shape index (κ1) is 23.3. The topological polar surface area (TPSA) is 71.5 Å². The summed E-state index contributed by atoms with van der Waals surface area (Å²) in [5.74, 6) is 0. The SMILES string of the molecule is CC(C)(C)OC(=O)N(c1cccc(C(F)(F)F)c1)c1nc(-c2cccc(NC=O)c2)cs1. The molecule has 1 N–H and O–H groups in total. The zero-order valence-corrected chi connectivity index (χ0v) is 18.3. The fourth-order valence-electron chi connectivity index (χ4n) is 2.76. The summed E-state index contributed by atoms with van der Waals surface area (Å²) in [7, 11) is 0. The van der Waals surface area contributed by atoms with E-state index >= 15 is 0 Å². The average molecular weight is 463 g/mol. The van der Waals surface area contributed by atoms with Crippen molar-refractivity contribution < 1.29 is 27.5 Å². The smallest absolute Gasteiger partial charge is 0.421 e. The normalized spacial score (nSPS) is 11.7. The lowest BCUT2D eigenvalue weighted by Gasteiger charge is -2.26. The highest BCUT2D eigenvalue weighted by atomic mass is 32.1. The van der Waals surface area contributed by atoms with Gasteiger partial charge in [0.2, 0.25) is 6.41 Å². The molecule has 0 radical (unpaired) electrons. The lowest BCUT2D eigenvalue weighted by atomic mass is 10.1. The largest absolute Gasteiger partial charge is 0.443 e. The summed E-state index contributed by atoms with van der Waals surface area (Å²) in [4.78, 5) is 29.1. The lowest BCUT2D eigenvalue weighted by molar-refractivity contribution is -0.137. The van der Waals surface area contributed by atoms with Crippen molar-refractivity contribution in [1.82, 2.24) is 4.98 Å². The van der Waals surface area contributed by atoms with Crippen LogP contribution >= 0.6 is 11.3 Å². The van der Waals surface area contributed by atoms with Gasteiger partial charge in [-0.1, -0.05) is 18.2 Å². The lowest BCUT2D eigenvalue weighted by Crippen LogP contribution is -2.34. The summed E-state index contributed by atoms with van der Waals surface area (Å²) in [5, 5.41) is 4.35. The first-order valence-corrected chi connectivity index (χ1v) is 10.3. The monoisotopic (exact) mass is 463 g/mol. The van der Waals surface area contributed by atoms with E-state index in [0.717, 1.165) is 28.4 Å². The fourth-order valence-corrected chi connectivity index (χ4v) is 3.60. The molecule has 3 aromatic rings. The predicted molar refractivity (Wildman–Crippen MR) is 117 cm³/mol. The second-order valence-corrected chi connectivity index (χ2v) is 8.56. The molecular formula is C22H20F3N3O3S. The van der Waals surface area contributed by atoms with Crippen molar-refractivity contribution in [3.8, 4) is 11.3 Å². The molecule has 168 valence electrons. The zero-order chi connectivity index (χ0) is 23.5. The Morgan fingerprint density at radius 2 is 1.84 bits per heavy atom. The maximum atomic E-state index is 13.3. The number of amides is 2. The van der Waals surface area contributed by atoms with Crippen LogP contribution in [0.3, 0.4) is 0 Å². The number of halogens is 3. The molecule has 32 heavy (non-hydrogen) atoms. The van der Waals surface area contributed by atoms with E-state index in [-0.39, 0.29) is 10.8 Å². The number of hydrogen-bond donors (Lipinski definition) is 1. The number of benzene rings is 2. The number of nitrogens with zero attached hydrogens (tertiary/aromatic N) is 2. The Hall–Kier alpha value is -3.40. The summed E-state index contributed by atoms with van der Waals surface area (Å²) in [6.45, 7) is 4.98. The van der Waals surface area contributed by atoms with Crippen molar-refractivity contribution in [1.29, 1.82) is 0 Å². The van der Waals surface area contributed by atoms with Crippen molar-refractivity contribution in [2.24, 2.45) is 0 Å². The maximum Gasteiger partial charge on any atom is 0.421 e. The number of rotatable bonds is 5. The number of carbonyl (C=O) groups excluding carboxylic acids is 2. The molecule has 0 fully saturated rings. The third-order valence-corrected chi connectivity index (χ3v) is 4.90. The minimum atomic E-state index is -4.57. The molecule has 2 amide bonds. The molecule has 2 aromatic carbocycles. The van der Waals surface area contributed by atoms with Gasteiger partial charge in [-0.15, -0.1) is 11.3 Å². The fraction of sp³-hybridized carbons (Fsp3) is 0.227. The molecule has 0 saturated heterocycles. The van der Waals surface area contributed by atoms with Gasteiger partial charge < -0.3 is 10.1 Å². The summed E-state index contributed by atoms with van der Waals surface area (Å²) in [6.07, 6.45) is -4.88. The van der Waals surface area contributed by atoms with Gasteiger partial charge in [-0.3, -0.25) is 4.79 Å². The molecule has 0 aliphatic rings. The Kier molecular flexibility index (Phi) is 6.54. The summed E-state index contributed by atoms with van der Waals surface area (Å²) in [5.41, 5.74) is -0.0906. The average Bonchev–Trinajstić information content (AvgIpc) is 3.16. The van der Waals surface area contributed by atoms with Gasteiger partial charge in [-0.25, -0.2) is 14.7 Å². The standard InChI is InChI=1S/C22H20F3N3O3S/c1-21(2,3)31-20(30)28(17-9-5-7-15(11-17)22(23,24)25)19-27-18(12-32-19)14-6-4-8-16(10-14)26-13-29/h4-13H,1-3H3,(H,26,29). The quantitative estimate of drug-likeness (QED) is 0.440. The van der Waals surface area contributed by atoms with Crippen molar-refractivity contribution in [3.63, 3.8) is 0 Å². The summed E-state index contributed by atoms with van der Waals surface area (Å²) >= 11 is 1.08. The maximum absolute atomic E-state index is 13.3. The second-order valence-electron chi connectivity index (χ2n) is 7.72. The van der Waals surface area contributed by atoms with Crippen molar-refractivity contribution in [2.75, 3.05) is 10.2 Å². The molecule has 10 heteroatoms. The van der Waals surface area contributed by atoms with Crippen molar-refractivity contribution in [3.05, 3.63) is 59.5 Å². The Morgan fingerprint density at radius 3 is 2.50 bits per heavy atom. The molecular weight excluding hydrogens is 443 g/mol. The number of ether oxygens (including phenoxy) is 1. The molecule has 1 aromatic heterocycles. The highest BCUT2D eigenvalue weighted by molar-refractivity contribution is 7.14. The molecule has 0 spiro atoms. The van der Waals surface area contributed by atoms with E-state index in [1.165, 1.54) is 12.1 Å². The van der Waals surface area contributed by atoms with E-state index in [4.69, 9.17) is 4.74 Å². The Bertz CT molecular complexity index is 1120. The number of aromatic nitrogens is 1. The molecule has 0 unspecified atom stereocenters. The van der Waals surface area contributed by atoms with E-state index in [1.54, 1.807) is 50.4 Å². The summed E-state index contributed by atoms with van der Waals surface area (Å²) in [6, 6.07) is 11.3.